The molecule has 1 heterocycles. The summed E-state index contributed by atoms with van der Waals surface area (Å²) in [4.78, 5) is 14.9. The molecule has 1 aliphatic heterocycles. The molecule has 1 amide bonds. The van der Waals surface area contributed by atoms with Crippen LogP contribution in [0.5, 0.6) is 0 Å². The number of hydrogen-bond donors (Lipinski definition) is 2. The highest BCUT2D eigenvalue weighted by atomic mass is 16.2. The molecule has 2 aromatic carbocycles. The molecular weight excluding hydrogens is 310 g/mol. The van der Waals surface area contributed by atoms with Gasteiger partial charge in [-0.15, -0.1) is 0 Å². The van der Waals surface area contributed by atoms with Gasteiger partial charge in [0.05, 0.1) is 6.04 Å². The Morgan fingerprint density at radius 2 is 1.76 bits per heavy atom. The normalized spacial score (nSPS) is 16.5. The van der Waals surface area contributed by atoms with Gasteiger partial charge in [0.15, 0.2) is 0 Å². The second-order valence-corrected chi connectivity index (χ2v) is 6.91. The minimum Gasteiger partial charge on any atom is -0.372 e. The molecule has 0 saturated carbocycles. The van der Waals surface area contributed by atoms with Gasteiger partial charge in [-0.1, -0.05) is 42.0 Å². The summed E-state index contributed by atoms with van der Waals surface area (Å²) >= 11 is 0. The summed E-state index contributed by atoms with van der Waals surface area (Å²) in [6.45, 7) is 6.25. The van der Waals surface area contributed by atoms with Crippen molar-refractivity contribution in [3.63, 3.8) is 0 Å². The van der Waals surface area contributed by atoms with Gasteiger partial charge < -0.3 is 16.0 Å². The number of rotatable bonds is 5. The lowest BCUT2D eigenvalue weighted by Gasteiger charge is -2.22. The maximum atomic E-state index is 12.5. The first-order valence-electron chi connectivity index (χ1n) is 9.02. The zero-order chi connectivity index (χ0) is 17.8. The van der Waals surface area contributed by atoms with Crippen molar-refractivity contribution in [3.05, 3.63) is 65.2 Å². The average Bonchev–Trinajstić information content (AvgIpc) is 3.16. The lowest BCUT2D eigenvalue weighted by molar-refractivity contribution is -0.123. The summed E-state index contributed by atoms with van der Waals surface area (Å²) in [6.07, 6.45) is 2.50. The van der Waals surface area contributed by atoms with E-state index in [9.17, 15) is 4.79 Å². The monoisotopic (exact) mass is 337 g/mol. The Labute approximate surface area is 150 Å². The summed E-state index contributed by atoms with van der Waals surface area (Å²) in [5.74, 6) is -0.150. The minimum absolute atomic E-state index is 0.0773. The highest BCUT2D eigenvalue weighted by molar-refractivity contribution is 5.83. The number of carbonyl (C=O) groups is 1. The van der Waals surface area contributed by atoms with Crippen LogP contribution in [0.2, 0.25) is 0 Å². The Morgan fingerprint density at radius 3 is 2.44 bits per heavy atom. The third-order valence-electron chi connectivity index (χ3n) is 4.92. The van der Waals surface area contributed by atoms with E-state index in [1.165, 1.54) is 18.5 Å². The smallest absolute Gasteiger partial charge is 0.241 e. The fourth-order valence-corrected chi connectivity index (χ4v) is 3.28. The van der Waals surface area contributed by atoms with Gasteiger partial charge in [-0.05, 0) is 49.9 Å². The number of hydrogen-bond acceptors (Lipinski definition) is 3. The standard InChI is InChI=1S/C21H27N3O/c1-15-8-10-17(11-9-15)20(22)21(25)23-16(2)18-6-5-7-19(14-18)24-12-3-4-13-24/h5-11,14,16,20H,3-4,12-13,22H2,1-2H3,(H,23,25). The van der Waals surface area contributed by atoms with E-state index in [1.54, 1.807) is 0 Å². The predicted molar refractivity (Wildman–Crippen MR) is 103 cm³/mol. The fourth-order valence-electron chi connectivity index (χ4n) is 3.28. The molecule has 4 nitrogen and oxygen atoms in total. The third kappa shape index (κ3) is 4.20. The molecule has 1 fully saturated rings. The molecule has 1 aliphatic rings. The minimum atomic E-state index is -0.648. The lowest BCUT2D eigenvalue weighted by Crippen LogP contribution is -2.35. The molecule has 132 valence electrons. The van der Waals surface area contributed by atoms with E-state index >= 15 is 0 Å². The van der Waals surface area contributed by atoms with Gasteiger partial charge in [-0.25, -0.2) is 0 Å². The Balaban J connectivity index is 1.66. The van der Waals surface area contributed by atoms with Crippen molar-refractivity contribution in [1.29, 1.82) is 0 Å². The molecule has 25 heavy (non-hydrogen) atoms. The van der Waals surface area contributed by atoms with E-state index < -0.39 is 6.04 Å². The molecule has 0 spiro atoms. The van der Waals surface area contributed by atoms with Gasteiger partial charge in [0.25, 0.3) is 0 Å². The molecule has 2 unspecified atom stereocenters. The number of aryl methyl sites for hydroxylation is 1. The number of nitrogens with one attached hydrogen (secondary N) is 1. The number of anilines is 1. The maximum Gasteiger partial charge on any atom is 0.241 e. The highest BCUT2D eigenvalue weighted by Crippen LogP contribution is 2.24. The average molecular weight is 337 g/mol. The molecule has 3 N–H and O–H groups in total. The van der Waals surface area contributed by atoms with Gasteiger partial charge in [0.1, 0.15) is 6.04 Å². The van der Waals surface area contributed by atoms with E-state index in [0.29, 0.717) is 0 Å². The second kappa shape index (κ2) is 7.70. The second-order valence-electron chi connectivity index (χ2n) is 6.91. The van der Waals surface area contributed by atoms with Gasteiger partial charge in [0.2, 0.25) is 5.91 Å². The quantitative estimate of drug-likeness (QED) is 0.878. The molecule has 0 aliphatic carbocycles. The Hall–Kier alpha value is -2.33. The van der Waals surface area contributed by atoms with Crippen LogP contribution < -0.4 is 16.0 Å². The molecular formula is C21H27N3O. The molecule has 2 aromatic rings. The topological polar surface area (TPSA) is 58.4 Å². The van der Waals surface area contributed by atoms with Crippen molar-refractivity contribution in [3.8, 4) is 0 Å². The van der Waals surface area contributed by atoms with E-state index in [1.807, 2.05) is 38.1 Å². The fraction of sp³-hybridized carbons (Fsp3) is 0.381. The molecule has 0 aromatic heterocycles. The van der Waals surface area contributed by atoms with Crippen LogP contribution in [0.25, 0.3) is 0 Å². The van der Waals surface area contributed by atoms with E-state index in [0.717, 1.165) is 29.8 Å². The summed E-state index contributed by atoms with van der Waals surface area (Å²) in [6, 6.07) is 15.5. The van der Waals surface area contributed by atoms with Crippen LogP contribution in [0.3, 0.4) is 0 Å². The van der Waals surface area contributed by atoms with Gasteiger partial charge >= 0.3 is 0 Å². The van der Waals surface area contributed by atoms with Crippen LogP contribution in [-0.2, 0) is 4.79 Å². The number of nitrogens with zero attached hydrogens (tertiary/aromatic N) is 1. The first-order valence-corrected chi connectivity index (χ1v) is 9.02. The predicted octanol–water partition coefficient (Wildman–Crippen LogP) is 3.47. The summed E-state index contributed by atoms with van der Waals surface area (Å²) in [5.41, 5.74) is 10.5. The molecule has 0 radical (unpaired) electrons. The van der Waals surface area contributed by atoms with E-state index in [4.69, 9.17) is 5.73 Å². The number of carbonyl (C=O) groups excluding carboxylic acids is 1. The molecule has 4 heteroatoms. The van der Waals surface area contributed by atoms with Crippen LogP contribution >= 0.6 is 0 Å². The molecule has 1 saturated heterocycles. The summed E-state index contributed by atoms with van der Waals surface area (Å²) < 4.78 is 0. The zero-order valence-electron chi connectivity index (χ0n) is 15.0. The van der Waals surface area contributed by atoms with Crippen LogP contribution in [0, 0.1) is 6.92 Å². The Morgan fingerprint density at radius 1 is 1.08 bits per heavy atom. The van der Waals surface area contributed by atoms with Crippen molar-refractivity contribution in [2.75, 3.05) is 18.0 Å². The van der Waals surface area contributed by atoms with Crippen molar-refractivity contribution in [2.45, 2.75) is 38.8 Å². The van der Waals surface area contributed by atoms with Gasteiger partial charge in [0, 0.05) is 18.8 Å². The largest absolute Gasteiger partial charge is 0.372 e. The van der Waals surface area contributed by atoms with Crippen LogP contribution in [0.4, 0.5) is 5.69 Å². The van der Waals surface area contributed by atoms with Crippen molar-refractivity contribution in [1.82, 2.24) is 5.32 Å². The summed E-state index contributed by atoms with van der Waals surface area (Å²) in [5, 5.41) is 3.04. The number of amides is 1. The zero-order valence-corrected chi connectivity index (χ0v) is 15.0. The first kappa shape index (κ1) is 17.5. The van der Waals surface area contributed by atoms with Crippen LogP contribution in [0.15, 0.2) is 48.5 Å². The molecule has 0 bridgehead atoms. The van der Waals surface area contributed by atoms with Crippen LogP contribution in [0.1, 0.15) is 48.5 Å². The summed E-state index contributed by atoms with van der Waals surface area (Å²) in [7, 11) is 0. The van der Waals surface area contributed by atoms with E-state index in [2.05, 4.69) is 34.5 Å². The van der Waals surface area contributed by atoms with Gasteiger partial charge in [-0.3, -0.25) is 4.79 Å². The molecule has 3 rings (SSSR count). The maximum absolute atomic E-state index is 12.5. The van der Waals surface area contributed by atoms with Gasteiger partial charge in [-0.2, -0.15) is 0 Å². The Bertz CT molecular complexity index is 720. The van der Waals surface area contributed by atoms with E-state index in [-0.39, 0.29) is 11.9 Å². The first-order chi connectivity index (χ1) is 12.0. The number of benzene rings is 2. The van der Waals surface area contributed by atoms with Crippen molar-refractivity contribution < 1.29 is 4.79 Å². The SMILES string of the molecule is Cc1ccc(C(N)C(=O)NC(C)c2cccc(N3CCCC3)c2)cc1. The van der Waals surface area contributed by atoms with Crippen molar-refractivity contribution in [2.24, 2.45) is 5.73 Å². The lowest BCUT2D eigenvalue weighted by atomic mass is 10.0. The third-order valence-corrected chi connectivity index (χ3v) is 4.92. The highest BCUT2D eigenvalue weighted by Gasteiger charge is 2.19. The van der Waals surface area contributed by atoms with Crippen LogP contribution in [-0.4, -0.2) is 19.0 Å². The molecule has 2 atom stereocenters. The number of nitrogens with two attached hydrogens (primary N) is 1. The Kier molecular flexibility index (Phi) is 5.39. The van der Waals surface area contributed by atoms with Crippen molar-refractivity contribution >= 4 is 11.6 Å².